The zero-order chi connectivity index (χ0) is 25.9. The van der Waals surface area contributed by atoms with Crippen molar-refractivity contribution in [2.45, 2.75) is 82.2 Å². The van der Waals surface area contributed by atoms with Gasteiger partial charge in [-0.05, 0) is 31.3 Å². The van der Waals surface area contributed by atoms with Gasteiger partial charge < -0.3 is 29.8 Å². The van der Waals surface area contributed by atoms with Crippen LogP contribution in [0.5, 0.6) is 0 Å². The fourth-order valence-corrected chi connectivity index (χ4v) is 5.06. The Morgan fingerprint density at radius 1 is 1.23 bits per heavy atom. The molecule has 5 N–H and O–H groups in total. The van der Waals surface area contributed by atoms with Gasteiger partial charge in [-0.1, -0.05) is 62.6 Å². The van der Waals surface area contributed by atoms with E-state index >= 15 is 0 Å². The minimum Gasteiger partial charge on any atom is -0.454 e. The Hall–Kier alpha value is -1.58. The average Bonchev–Trinajstić information content (AvgIpc) is 2.80. The van der Waals surface area contributed by atoms with E-state index in [4.69, 9.17) is 9.26 Å². The van der Waals surface area contributed by atoms with Gasteiger partial charge in [0, 0.05) is 31.4 Å². The van der Waals surface area contributed by atoms with E-state index in [1.165, 1.54) is 43.6 Å². The van der Waals surface area contributed by atoms with Crippen LogP contribution in [0.1, 0.15) is 58.3 Å². The van der Waals surface area contributed by atoms with E-state index in [1.807, 2.05) is 13.0 Å². The molecular formula is C25H39O9P. The topological polar surface area (TPSA) is 154 Å². The third-order valence-electron chi connectivity index (χ3n) is 6.47. The van der Waals surface area contributed by atoms with Gasteiger partial charge in [-0.3, -0.25) is 4.52 Å². The van der Waals surface area contributed by atoms with Crippen LogP contribution in [-0.2, 0) is 18.6 Å². The van der Waals surface area contributed by atoms with Crippen molar-refractivity contribution in [3.05, 3.63) is 48.6 Å². The van der Waals surface area contributed by atoms with Crippen molar-refractivity contribution in [1.82, 2.24) is 0 Å². The van der Waals surface area contributed by atoms with E-state index in [2.05, 4.69) is 6.08 Å². The Bertz CT molecular complexity index is 825. The maximum absolute atomic E-state index is 11.7. The van der Waals surface area contributed by atoms with Gasteiger partial charge >= 0.3 is 13.8 Å². The smallest absolute Gasteiger partial charge is 0.454 e. The number of hydrogen-bond acceptors (Lipinski definition) is 7. The average molecular weight is 515 g/mol. The highest BCUT2D eigenvalue weighted by atomic mass is 31.2. The lowest BCUT2D eigenvalue weighted by molar-refractivity contribution is -0.143. The molecule has 2 aliphatic rings. The second kappa shape index (κ2) is 14.2. The van der Waals surface area contributed by atoms with Crippen molar-refractivity contribution in [3.8, 4) is 0 Å². The zero-order valence-electron chi connectivity index (χ0n) is 20.2. The molecule has 0 saturated heterocycles. The van der Waals surface area contributed by atoms with Crippen LogP contribution in [0.25, 0.3) is 0 Å². The number of aliphatic hydroxyl groups excluding tert-OH is 2. The standard InChI is InChI=1S/C25H39O9P/c1-2-20-12-13-24(28)33-22(20)14-15-25(29,16-17-26)23(34-35(30,31)32)18-21(27)11-7-6-10-19-8-4-3-5-9-19/h6-7,10-15,19-23,26-27,29H,2-5,8-9,16-18H2,1H3,(H2,30,31,32)/b10-6+,11-7+,15-14+. The van der Waals surface area contributed by atoms with Gasteiger partial charge in [0.25, 0.3) is 0 Å². The van der Waals surface area contributed by atoms with E-state index in [0.29, 0.717) is 12.3 Å². The molecule has 0 radical (unpaired) electrons. The molecule has 0 spiro atoms. The number of esters is 1. The molecule has 35 heavy (non-hydrogen) atoms. The SMILES string of the molecule is CCC1C=CC(=O)OC1/C=C/C(O)(CCO)C(CC(O)/C=C/C=C/C1CCCCC1)OP(=O)(O)O. The van der Waals surface area contributed by atoms with Crippen LogP contribution in [0.15, 0.2) is 48.6 Å². The van der Waals surface area contributed by atoms with Crippen LogP contribution in [0.2, 0.25) is 0 Å². The van der Waals surface area contributed by atoms with Gasteiger partial charge in [0.2, 0.25) is 0 Å². The number of aliphatic hydroxyl groups is 3. The molecular weight excluding hydrogens is 475 g/mol. The first-order chi connectivity index (χ1) is 16.6. The van der Waals surface area contributed by atoms with Crippen LogP contribution in [-0.4, -0.2) is 61.6 Å². The van der Waals surface area contributed by atoms with E-state index in [9.17, 15) is 34.5 Å². The summed E-state index contributed by atoms with van der Waals surface area (Å²) in [6, 6.07) is 0. The van der Waals surface area contributed by atoms with Gasteiger partial charge in [-0.15, -0.1) is 0 Å². The molecule has 1 saturated carbocycles. The van der Waals surface area contributed by atoms with E-state index in [-0.39, 0.29) is 18.8 Å². The summed E-state index contributed by atoms with van der Waals surface area (Å²) in [5.74, 6) is -0.181. The Morgan fingerprint density at radius 3 is 2.57 bits per heavy atom. The molecule has 10 heteroatoms. The molecule has 0 aromatic rings. The summed E-state index contributed by atoms with van der Waals surface area (Å²) in [5, 5.41) is 31.3. The number of allylic oxidation sites excluding steroid dienone is 3. The number of hydrogen-bond donors (Lipinski definition) is 5. The molecule has 9 nitrogen and oxygen atoms in total. The zero-order valence-corrected chi connectivity index (χ0v) is 21.1. The maximum atomic E-state index is 11.7. The predicted octanol–water partition coefficient (Wildman–Crippen LogP) is 3.09. The van der Waals surface area contributed by atoms with Crippen molar-refractivity contribution in [2.24, 2.45) is 11.8 Å². The number of cyclic esters (lactones) is 1. The lowest BCUT2D eigenvalue weighted by atomic mass is 9.87. The Kier molecular flexibility index (Phi) is 12.1. The van der Waals surface area contributed by atoms with Gasteiger partial charge in [-0.2, -0.15) is 0 Å². The van der Waals surface area contributed by atoms with Gasteiger partial charge in [0.15, 0.2) is 0 Å². The number of ether oxygens (including phenoxy) is 1. The van der Waals surface area contributed by atoms with Crippen LogP contribution in [0.4, 0.5) is 0 Å². The Labute approximate surface area is 207 Å². The molecule has 0 bridgehead atoms. The minimum absolute atomic E-state index is 0.145. The van der Waals surface area contributed by atoms with Crippen molar-refractivity contribution in [3.63, 3.8) is 0 Å². The highest BCUT2D eigenvalue weighted by molar-refractivity contribution is 7.46. The molecule has 5 unspecified atom stereocenters. The first-order valence-corrected chi connectivity index (χ1v) is 13.8. The molecule has 198 valence electrons. The Balaban J connectivity index is 2.16. The van der Waals surface area contributed by atoms with Crippen molar-refractivity contribution >= 4 is 13.8 Å². The van der Waals surface area contributed by atoms with Crippen molar-refractivity contribution in [1.29, 1.82) is 0 Å². The highest BCUT2D eigenvalue weighted by Gasteiger charge is 2.40. The maximum Gasteiger partial charge on any atom is 0.469 e. The van der Waals surface area contributed by atoms with E-state index < -0.39 is 44.3 Å². The summed E-state index contributed by atoms with van der Waals surface area (Å²) in [7, 11) is -5.05. The quantitative estimate of drug-likeness (QED) is 0.108. The third kappa shape index (κ3) is 10.5. The van der Waals surface area contributed by atoms with Gasteiger partial charge in [-0.25, -0.2) is 9.36 Å². The second-order valence-corrected chi connectivity index (χ2v) is 10.4. The minimum atomic E-state index is -5.05. The first-order valence-electron chi connectivity index (χ1n) is 12.2. The van der Waals surface area contributed by atoms with Gasteiger partial charge in [0.1, 0.15) is 17.8 Å². The van der Waals surface area contributed by atoms with E-state index in [0.717, 1.165) is 12.8 Å². The predicted molar refractivity (Wildman–Crippen MR) is 131 cm³/mol. The number of rotatable bonds is 13. The number of carbonyl (C=O) groups excluding carboxylic acids is 1. The summed E-state index contributed by atoms with van der Waals surface area (Å²) in [5.41, 5.74) is -2.05. The number of carbonyl (C=O) groups is 1. The number of phosphoric acid groups is 1. The van der Waals surface area contributed by atoms with Crippen LogP contribution >= 0.6 is 7.82 Å². The van der Waals surface area contributed by atoms with Crippen LogP contribution < -0.4 is 0 Å². The molecule has 1 heterocycles. The van der Waals surface area contributed by atoms with E-state index in [1.54, 1.807) is 12.2 Å². The molecule has 5 atom stereocenters. The van der Waals surface area contributed by atoms with Crippen molar-refractivity contribution in [2.75, 3.05) is 6.61 Å². The van der Waals surface area contributed by atoms with Crippen molar-refractivity contribution < 1.29 is 43.7 Å². The fourth-order valence-electron chi connectivity index (χ4n) is 4.46. The molecule has 1 aliphatic heterocycles. The largest absolute Gasteiger partial charge is 0.469 e. The molecule has 2 rings (SSSR count). The summed E-state index contributed by atoms with van der Waals surface area (Å²) in [4.78, 5) is 30.5. The summed E-state index contributed by atoms with van der Waals surface area (Å²) < 4.78 is 21.8. The monoisotopic (exact) mass is 514 g/mol. The van der Waals surface area contributed by atoms with Gasteiger partial charge in [0.05, 0.1) is 6.10 Å². The Morgan fingerprint density at radius 2 is 1.94 bits per heavy atom. The summed E-state index contributed by atoms with van der Waals surface area (Å²) in [6.45, 7) is 1.39. The lowest BCUT2D eigenvalue weighted by Gasteiger charge is -2.35. The van der Waals surface area contributed by atoms with Crippen LogP contribution in [0.3, 0.4) is 0 Å². The van der Waals surface area contributed by atoms with Crippen LogP contribution in [0, 0.1) is 11.8 Å². The number of phosphoric ester groups is 1. The molecule has 0 aromatic heterocycles. The normalized spacial score (nSPS) is 25.8. The molecule has 1 fully saturated rings. The summed E-state index contributed by atoms with van der Waals surface area (Å²) in [6.07, 6.45) is 15.2. The second-order valence-electron chi connectivity index (χ2n) is 9.21. The molecule has 0 amide bonds. The lowest BCUT2D eigenvalue weighted by Crippen LogP contribution is -2.45. The third-order valence-corrected chi connectivity index (χ3v) is 7.00. The highest BCUT2D eigenvalue weighted by Crippen LogP contribution is 2.42. The first kappa shape index (κ1) is 29.6. The summed E-state index contributed by atoms with van der Waals surface area (Å²) >= 11 is 0. The molecule has 0 aromatic carbocycles. The fraction of sp³-hybridized carbons (Fsp3) is 0.640. The molecule has 1 aliphatic carbocycles.